The van der Waals surface area contributed by atoms with Crippen LogP contribution in [-0.2, 0) is 9.53 Å². The van der Waals surface area contributed by atoms with Crippen LogP contribution in [0.1, 0.15) is 41.0 Å². The number of carboxylic acids is 1. The Balaban J connectivity index is 2.77. The summed E-state index contributed by atoms with van der Waals surface area (Å²) in [7, 11) is 0. The summed E-state index contributed by atoms with van der Waals surface area (Å²) in [6.07, 6.45) is -0.0562. The van der Waals surface area contributed by atoms with Gasteiger partial charge in [0.2, 0.25) is 0 Å². The lowest BCUT2D eigenvalue weighted by Crippen LogP contribution is -2.58. The summed E-state index contributed by atoms with van der Waals surface area (Å²) >= 11 is 0. The van der Waals surface area contributed by atoms with Crippen molar-refractivity contribution in [3.8, 4) is 0 Å². The second-order valence-corrected chi connectivity index (χ2v) is 6.08. The number of carboxylic acid groups (broad SMARTS) is 1. The maximum atomic E-state index is 12.6. The zero-order valence-electron chi connectivity index (χ0n) is 13.0. The van der Waals surface area contributed by atoms with Gasteiger partial charge in [0.15, 0.2) is 0 Å². The molecular formula is C14H26N2O4. The van der Waals surface area contributed by atoms with Gasteiger partial charge in [-0.15, -0.1) is 0 Å². The molecule has 116 valence electrons. The minimum Gasteiger partial charge on any atom is -0.481 e. The average Bonchev–Trinajstić information content (AvgIpc) is 2.25. The molecule has 2 atom stereocenters. The van der Waals surface area contributed by atoms with Crippen LogP contribution in [0.3, 0.4) is 0 Å². The minimum absolute atomic E-state index is 0.0174. The first-order valence-electron chi connectivity index (χ1n) is 7.11. The van der Waals surface area contributed by atoms with Gasteiger partial charge >= 0.3 is 12.0 Å². The van der Waals surface area contributed by atoms with Crippen LogP contribution >= 0.6 is 0 Å². The molecule has 1 rings (SSSR count). The lowest BCUT2D eigenvalue weighted by molar-refractivity contribution is -0.138. The molecule has 1 heterocycles. The van der Waals surface area contributed by atoms with E-state index in [1.807, 2.05) is 27.7 Å². The van der Waals surface area contributed by atoms with E-state index in [9.17, 15) is 9.59 Å². The fourth-order valence-electron chi connectivity index (χ4n) is 2.78. The third kappa shape index (κ3) is 4.37. The monoisotopic (exact) mass is 286 g/mol. The number of carbonyl (C=O) groups excluding carboxylic acids is 1. The zero-order chi connectivity index (χ0) is 15.5. The van der Waals surface area contributed by atoms with Crippen LogP contribution in [0.15, 0.2) is 0 Å². The summed E-state index contributed by atoms with van der Waals surface area (Å²) < 4.78 is 5.79. The van der Waals surface area contributed by atoms with Crippen molar-refractivity contribution in [3.63, 3.8) is 0 Å². The van der Waals surface area contributed by atoms with Gasteiger partial charge in [0.05, 0.1) is 24.7 Å². The van der Waals surface area contributed by atoms with Crippen molar-refractivity contribution in [2.45, 2.75) is 58.8 Å². The number of aliphatic carboxylic acids is 1. The highest BCUT2D eigenvalue weighted by Gasteiger charge is 2.36. The second kappa shape index (κ2) is 6.43. The molecule has 0 spiro atoms. The van der Waals surface area contributed by atoms with Crippen molar-refractivity contribution >= 4 is 12.0 Å². The molecule has 0 radical (unpaired) electrons. The maximum absolute atomic E-state index is 12.6. The van der Waals surface area contributed by atoms with Crippen LogP contribution in [0.2, 0.25) is 0 Å². The van der Waals surface area contributed by atoms with Gasteiger partial charge in [-0.05, 0) is 34.6 Å². The Morgan fingerprint density at radius 2 is 2.10 bits per heavy atom. The first-order valence-corrected chi connectivity index (χ1v) is 7.11. The van der Waals surface area contributed by atoms with E-state index >= 15 is 0 Å². The fourth-order valence-corrected chi connectivity index (χ4v) is 2.78. The molecule has 0 aromatic heterocycles. The van der Waals surface area contributed by atoms with E-state index in [-0.39, 0.29) is 30.2 Å². The van der Waals surface area contributed by atoms with Crippen LogP contribution < -0.4 is 0 Å². The van der Waals surface area contributed by atoms with Gasteiger partial charge in [0.1, 0.15) is 0 Å². The number of morpholine rings is 1. The first-order chi connectivity index (χ1) is 9.16. The van der Waals surface area contributed by atoms with Crippen LogP contribution in [0.5, 0.6) is 0 Å². The molecule has 0 aromatic rings. The van der Waals surface area contributed by atoms with Crippen molar-refractivity contribution in [1.82, 2.24) is 9.80 Å². The standard InChI is InChI=1S/C14H26N2O4/c1-6-16(10(2)7-12(17)18)13(19)15-8-11(3)20-14(4,5)9-15/h10-11H,6-9H2,1-5H3,(H,17,18). The van der Waals surface area contributed by atoms with E-state index in [1.165, 1.54) is 0 Å². The SMILES string of the molecule is CCN(C(=O)N1CC(C)OC(C)(C)C1)C(C)CC(=O)O. The van der Waals surface area contributed by atoms with E-state index in [4.69, 9.17) is 9.84 Å². The maximum Gasteiger partial charge on any atom is 0.320 e. The average molecular weight is 286 g/mol. The van der Waals surface area contributed by atoms with Crippen LogP contribution in [0.4, 0.5) is 4.79 Å². The largest absolute Gasteiger partial charge is 0.481 e. The first kappa shape index (κ1) is 16.8. The molecule has 0 bridgehead atoms. The smallest absolute Gasteiger partial charge is 0.320 e. The number of rotatable bonds is 4. The van der Waals surface area contributed by atoms with Crippen LogP contribution in [-0.4, -0.2) is 64.3 Å². The third-order valence-electron chi connectivity index (χ3n) is 3.43. The highest BCUT2D eigenvalue weighted by molar-refractivity contribution is 5.76. The molecule has 1 fully saturated rings. The number of urea groups is 1. The Bertz CT molecular complexity index is 370. The van der Waals surface area contributed by atoms with Crippen molar-refractivity contribution in [2.75, 3.05) is 19.6 Å². The van der Waals surface area contributed by atoms with Gasteiger partial charge in [0.25, 0.3) is 0 Å². The predicted octanol–water partition coefficient (Wildman–Crippen LogP) is 1.79. The highest BCUT2D eigenvalue weighted by atomic mass is 16.5. The molecule has 1 N–H and O–H groups in total. The van der Waals surface area contributed by atoms with Crippen molar-refractivity contribution in [1.29, 1.82) is 0 Å². The van der Waals surface area contributed by atoms with Gasteiger partial charge in [-0.25, -0.2) is 4.79 Å². The Hall–Kier alpha value is -1.30. The van der Waals surface area contributed by atoms with E-state index in [0.717, 1.165) is 0 Å². The van der Waals surface area contributed by atoms with Crippen molar-refractivity contribution in [2.24, 2.45) is 0 Å². The minimum atomic E-state index is -0.889. The summed E-state index contributed by atoms with van der Waals surface area (Å²) in [6.45, 7) is 11.1. The van der Waals surface area contributed by atoms with Gasteiger partial charge < -0.3 is 19.6 Å². The molecule has 6 nitrogen and oxygen atoms in total. The lowest BCUT2D eigenvalue weighted by Gasteiger charge is -2.44. The second-order valence-electron chi connectivity index (χ2n) is 6.08. The number of hydrogen-bond acceptors (Lipinski definition) is 3. The Labute approximate surface area is 120 Å². The van der Waals surface area contributed by atoms with E-state index < -0.39 is 5.97 Å². The molecule has 2 amide bonds. The van der Waals surface area contributed by atoms with Crippen LogP contribution in [0.25, 0.3) is 0 Å². The Morgan fingerprint density at radius 3 is 2.55 bits per heavy atom. The highest BCUT2D eigenvalue weighted by Crippen LogP contribution is 2.22. The molecule has 1 aliphatic heterocycles. The predicted molar refractivity (Wildman–Crippen MR) is 75.7 cm³/mol. The number of amides is 2. The molecule has 1 saturated heterocycles. The molecular weight excluding hydrogens is 260 g/mol. The molecule has 0 aromatic carbocycles. The molecule has 0 aliphatic carbocycles. The van der Waals surface area contributed by atoms with E-state index in [0.29, 0.717) is 19.6 Å². The molecule has 6 heteroatoms. The number of ether oxygens (including phenoxy) is 1. The molecule has 0 saturated carbocycles. The summed E-state index contributed by atoms with van der Waals surface area (Å²) in [5.74, 6) is -0.889. The number of carbonyl (C=O) groups is 2. The summed E-state index contributed by atoms with van der Waals surface area (Å²) in [4.78, 5) is 26.8. The molecule has 20 heavy (non-hydrogen) atoms. The number of hydrogen-bond donors (Lipinski definition) is 1. The van der Waals surface area contributed by atoms with E-state index in [1.54, 1.807) is 16.7 Å². The third-order valence-corrected chi connectivity index (χ3v) is 3.43. The Kier molecular flexibility index (Phi) is 5.39. The van der Waals surface area contributed by atoms with Crippen molar-refractivity contribution < 1.29 is 19.4 Å². The Morgan fingerprint density at radius 1 is 1.50 bits per heavy atom. The van der Waals surface area contributed by atoms with Gasteiger partial charge in [-0.3, -0.25) is 4.79 Å². The summed E-state index contributed by atoms with van der Waals surface area (Å²) in [5, 5.41) is 8.87. The summed E-state index contributed by atoms with van der Waals surface area (Å²) in [6, 6.07) is -0.421. The van der Waals surface area contributed by atoms with E-state index in [2.05, 4.69) is 0 Å². The number of nitrogens with zero attached hydrogens (tertiary/aromatic N) is 2. The molecule has 2 unspecified atom stereocenters. The summed E-state index contributed by atoms with van der Waals surface area (Å²) in [5.41, 5.74) is -0.372. The van der Waals surface area contributed by atoms with Crippen LogP contribution in [0, 0.1) is 0 Å². The lowest BCUT2D eigenvalue weighted by atomic mass is 10.1. The fraction of sp³-hybridized carbons (Fsp3) is 0.857. The van der Waals surface area contributed by atoms with Gasteiger partial charge in [-0.1, -0.05) is 0 Å². The normalized spacial score (nSPS) is 23.2. The quantitative estimate of drug-likeness (QED) is 0.855. The van der Waals surface area contributed by atoms with Gasteiger partial charge in [-0.2, -0.15) is 0 Å². The van der Waals surface area contributed by atoms with Crippen molar-refractivity contribution in [3.05, 3.63) is 0 Å². The van der Waals surface area contributed by atoms with Gasteiger partial charge in [0, 0.05) is 19.1 Å². The molecule has 1 aliphatic rings. The topological polar surface area (TPSA) is 70.1 Å². The zero-order valence-corrected chi connectivity index (χ0v) is 13.0.